The summed E-state index contributed by atoms with van der Waals surface area (Å²) < 4.78 is 0. The van der Waals surface area contributed by atoms with E-state index >= 15 is 0 Å². The molecule has 352 valence electrons. The molecule has 0 saturated carbocycles. The topological polar surface area (TPSA) is 0 Å². The van der Waals surface area contributed by atoms with Crippen molar-refractivity contribution >= 4 is 123 Å². The van der Waals surface area contributed by atoms with Crippen molar-refractivity contribution in [3.05, 3.63) is 279 Å². The zero-order valence-electron chi connectivity index (χ0n) is 39.6. The van der Waals surface area contributed by atoms with Crippen molar-refractivity contribution in [3.63, 3.8) is 0 Å². The molecular weight excluding hydrogens is 1280 g/mol. The van der Waals surface area contributed by atoms with Gasteiger partial charge in [-0.05, 0) is 124 Å². The quantitative estimate of drug-likeness (QED) is 0.0389. The van der Waals surface area contributed by atoms with Gasteiger partial charge in [-0.2, -0.15) is 0 Å². The van der Waals surface area contributed by atoms with E-state index in [1.54, 1.807) is 0 Å². The first-order chi connectivity index (χ1) is 35.2. The third-order valence-electron chi connectivity index (χ3n) is 14.2. The molecule has 0 aromatic heterocycles. The fourth-order valence-electron chi connectivity index (χ4n) is 11.0. The van der Waals surface area contributed by atoms with Crippen LogP contribution in [-0.2, 0) is 44.8 Å². The van der Waals surface area contributed by atoms with E-state index in [4.69, 9.17) is 12.8 Å². The second kappa shape index (κ2) is 22.1. The summed E-state index contributed by atoms with van der Waals surface area (Å²) >= 11 is 0. The molecule has 0 nitrogen and oxygen atoms in total. The molecule has 73 heavy (non-hydrogen) atoms. The summed E-state index contributed by atoms with van der Waals surface area (Å²) in [5.41, 5.74) is 1.71. The van der Waals surface area contributed by atoms with Crippen LogP contribution in [0.4, 0.5) is 0 Å². The van der Waals surface area contributed by atoms with Crippen LogP contribution < -0.4 is 21.2 Å². The number of rotatable bonds is 6. The molecule has 0 aliphatic carbocycles. The Morgan fingerprint density at radius 1 is 0.247 bits per heavy atom. The Kier molecular flexibility index (Phi) is 15.0. The van der Waals surface area contributed by atoms with Gasteiger partial charge in [-0.3, -0.25) is 11.8 Å². The molecule has 0 aliphatic heterocycles. The molecule has 0 aliphatic rings. The van der Waals surface area contributed by atoms with Gasteiger partial charge in [0.05, 0.1) is 0 Å². The van der Waals surface area contributed by atoms with Crippen LogP contribution in [0.3, 0.4) is 0 Å². The molecule has 4 heteroatoms. The molecule has 0 fully saturated rings. The maximum atomic E-state index is 7.55. The Morgan fingerprint density at radius 2 is 0.493 bits per heavy atom. The minimum absolute atomic E-state index is 0. The van der Waals surface area contributed by atoms with Gasteiger partial charge < -0.3 is 12.8 Å². The van der Waals surface area contributed by atoms with E-state index in [0.29, 0.717) is 0 Å². The average molecular weight is 1330 g/mol. The predicted octanol–water partition coefficient (Wildman–Crippen LogP) is 16.0. The van der Waals surface area contributed by atoms with Gasteiger partial charge in [0.1, 0.15) is 37.1 Å². The minimum Gasteiger partial charge on any atom is -0.366 e. The Labute approximate surface area is 460 Å². The van der Waals surface area contributed by atoms with Gasteiger partial charge in [-0.15, -0.1) is 23.3 Å². The fourth-order valence-corrected chi connectivity index (χ4v) is 18.7. The van der Waals surface area contributed by atoms with Crippen molar-refractivity contribution in [3.8, 4) is 11.8 Å². The van der Waals surface area contributed by atoms with Gasteiger partial charge in [0.15, 0.2) is 5.90 Å². The van der Waals surface area contributed by atoms with Crippen molar-refractivity contribution in [2.24, 2.45) is 0 Å². The molecule has 0 atom stereocenters. The van der Waals surface area contributed by atoms with Crippen LogP contribution in [0.15, 0.2) is 255 Å². The third-order valence-corrected chi connectivity index (χ3v) is 21.1. The van der Waals surface area contributed by atoms with Crippen molar-refractivity contribution in [1.82, 2.24) is 0 Å². The van der Waals surface area contributed by atoms with Crippen LogP contribution in [-0.4, -0.2) is 5.90 Å². The first kappa shape index (κ1) is 49.7. The smallest absolute Gasteiger partial charge is 0.366 e. The number of hydrogen-bond acceptors (Lipinski definition) is 0. The van der Waals surface area contributed by atoms with Crippen LogP contribution in [0.5, 0.6) is 0 Å². The SMILES string of the molecule is [Au+].[Au+].[C-]#Cc1ccc2c3cccc4cccc(c5cccc1c52)c43.[C-]#Cc1ccc2c3cccc4cccc(c5cccc1c52)c43.c1ccc([PH+](C[PH+](c2ccccc2)c2ccccc2)c2ccccc2)cc1. The average Bonchev–Trinajstić information content (AvgIpc) is 3.45. The van der Waals surface area contributed by atoms with Crippen LogP contribution in [0.25, 0.3) is 86.2 Å². The summed E-state index contributed by atoms with van der Waals surface area (Å²) in [4.78, 5) is 0. The van der Waals surface area contributed by atoms with E-state index in [2.05, 4.69) is 254 Å². The van der Waals surface area contributed by atoms with Crippen LogP contribution in [0, 0.1) is 24.7 Å². The van der Waals surface area contributed by atoms with Gasteiger partial charge in [-0.25, -0.2) is 0 Å². The zero-order valence-corrected chi connectivity index (χ0v) is 45.9. The van der Waals surface area contributed by atoms with E-state index in [1.165, 1.54) is 103 Å². The predicted molar refractivity (Wildman–Crippen MR) is 314 cm³/mol. The standard InChI is InChI=1S/C25H22P2.2C22H11.2Au/c1-5-13-22(14-6-1)26(23-15-7-2-8-16-23)21-27(24-17-9-3-10-18-24)25-19-11-4-12-20-25;2*1-2-14-12-13-20-18-10-4-7-15-6-3-9-17(21(15)18)19-11-5-8-16(14)22(19)20;;/h1-20H,21H2;2*3-13H;;/q;2*-1;2*+1/p+2. The van der Waals surface area contributed by atoms with Crippen LogP contribution >= 0.6 is 15.8 Å². The van der Waals surface area contributed by atoms with Gasteiger partial charge in [0.2, 0.25) is 0 Å². The molecule has 14 aromatic carbocycles. The van der Waals surface area contributed by atoms with Gasteiger partial charge in [-0.1, -0.05) is 205 Å². The largest absolute Gasteiger partial charge is 1.00 e. The summed E-state index contributed by atoms with van der Waals surface area (Å²) in [5, 5.41) is 26.1. The molecule has 0 N–H and O–H groups in total. The number of benzene rings is 14. The fraction of sp³-hybridized carbons (Fsp3) is 0.0145. The number of fused-ring (bicyclic) bond motifs is 4. The second-order valence-corrected chi connectivity index (χ2v) is 23.7. The molecule has 0 radical (unpaired) electrons. The van der Waals surface area contributed by atoms with Crippen molar-refractivity contribution in [2.75, 3.05) is 5.90 Å². The van der Waals surface area contributed by atoms with Crippen molar-refractivity contribution < 1.29 is 44.8 Å². The summed E-state index contributed by atoms with van der Waals surface area (Å²) in [5.74, 6) is 6.39. The first-order valence-corrected chi connectivity index (χ1v) is 27.5. The zero-order chi connectivity index (χ0) is 47.7. The molecule has 0 spiro atoms. The van der Waals surface area contributed by atoms with E-state index in [9.17, 15) is 0 Å². The number of hydrogen-bond donors (Lipinski definition) is 0. The minimum atomic E-state index is -0.847. The summed E-state index contributed by atoms with van der Waals surface area (Å²) in [7, 11) is -1.69. The summed E-state index contributed by atoms with van der Waals surface area (Å²) in [6.07, 6.45) is 15.1. The molecular formula is C69H46Au2P2+2. The maximum Gasteiger partial charge on any atom is 1.00 e. The molecule has 0 unspecified atom stereocenters. The van der Waals surface area contributed by atoms with E-state index < -0.39 is 15.8 Å². The van der Waals surface area contributed by atoms with Gasteiger partial charge >= 0.3 is 44.8 Å². The van der Waals surface area contributed by atoms with Gasteiger partial charge in [0, 0.05) is 0 Å². The molecule has 0 heterocycles. The first-order valence-electron chi connectivity index (χ1n) is 24.1. The van der Waals surface area contributed by atoms with E-state index in [0.717, 1.165) is 21.9 Å². The monoisotopic (exact) mass is 1330 g/mol. The van der Waals surface area contributed by atoms with E-state index in [1.807, 2.05) is 12.1 Å². The summed E-state index contributed by atoms with van der Waals surface area (Å²) in [6.45, 7) is 0. The summed E-state index contributed by atoms with van der Waals surface area (Å²) in [6, 6.07) is 91.4. The van der Waals surface area contributed by atoms with Gasteiger partial charge in [0.25, 0.3) is 0 Å². The molecule has 14 aromatic rings. The molecule has 14 rings (SSSR count). The Bertz CT molecular complexity index is 3820. The third kappa shape index (κ3) is 9.30. The Hall–Kier alpha value is -6.86. The Balaban J connectivity index is 0.000000125. The van der Waals surface area contributed by atoms with Crippen molar-refractivity contribution in [2.45, 2.75) is 0 Å². The maximum absolute atomic E-state index is 7.55. The molecule has 0 saturated heterocycles. The van der Waals surface area contributed by atoms with E-state index in [-0.39, 0.29) is 44.8 Å². The van der Waals surface area contributed by atoms with Crippen LogP contribution in [0.2, 0.25) is 0 Å². The van der Waals surface area contributed by atoms with Crippen LogP contribution in [0.1, 0.15) is 11.1 Å². The second-order valence-electron chi connectivity index (χ2n) is 18.0. The molecule has 0 bridgehead atoms. The Morgan fingerprint density at radius 3 is 0.781 bits per heavy atom. The normalized spacial score (nSPS) is 11.1. The van der Waals surface area contributed by atoms with Crippen molar-refractivity contribution in [1.29, 1.82) is 0 Å². The molecule has 0 amide bonds.